The lowest BCUT2D eigenvalue weighted by atomic mass is 9.98. The molecule has 0 aliphatic carbocycles. The lowest BCUT2D eigenvalue weighted by molar-refractivity contribution is 0.427. The van der Waals surface area contributed by atoms with Gasteiger partial charge in [0.15, 0.2) is 0 Å². The van der Waals surface area contributed by atoms with E-state index in [0.29, 0.717) is 11.1 Å². The molecule has 1 unspecified atom stereocenters. The molecule has 1 atom stereocenters. The number of rotatable bonds is 13. The third kappa shape index (κ3) is 10.1. The first kappa shape index (κ1) is 35.3. The summed E-state index contributed by atoms with van der Waals surface area (Å²) in [5, 5.41) is 10.9. The SMILES string of the molecule is C#CC(/C=C\C/C(C)=C(C)\C=C/CC)/C=C(C#CC)\C(=C/C)N(c1ccccc1)c1cccc(C(/C=C\C)=C(\O)C(=C)C)c1. The number of nitrogens with zero attached hydrogens (tertiary/aromatic N) is 1. The van der Waals surface area contributed by atoms with Crippen LogP contribution in [0, 0.1) is 30.1 Å². The smallest absolute Gasteiger partial charge is 0.125 e. The third-order valence-electron chi connectivity index (χ3n) is 7.06. The van der Waals surface area contributed by atoms with Gasteiger partial charge in [-0.3, -0.25) is 0 Å². The molecule has 44 heavy (non-hydrogen) atoms. The average Bonchev–Trinajstić information content (AvgIpc) is 3.04. The zero-order valence-electron chi connectivity index (χ0n) is 27.5. The van der Waals surface area contributed by atoms with Gasteiger partial charge in [0.2, 0.25) is 0 Å². The molecule has 0 fully saturated rings. The maximum absolute atomic E-state index is 10.9. The van der Waals surface area contributed by atoms with Crippen molar-refractivity contribution in [3.8, 4) is 24.2 Å². The Balaban J connectivity index is 2.69. The summed E-state index contributed by atoms with van der Waals surface area (Å²) in [6, 6.07) is 18.3. The van der Waals surface area contributed by atoms with Gasteiger partial charge in [0.1, 0.15) is 5.76 Å². The molecule has 2 aromatic carbocycles. The van der Waals surface area contributed by atoms with Crippen LogP contribution in [0.25, 0.3) is 5.57 Å². The molecule has 0 saturated heterocycles. The number of aliphatic hydroxyl groups excluding tert-OH is 1. The van der Waals surface area contributed by atoms with Crippen LogP contribution in [0.15, 0.2) is 144 Å². The second-order valence-corrected chi connectivity index (χ2v) is 10.5. The van der Waals surface area contributed by atoms with Crippen LogP contribution in [-0.2, 0) is 0 Å². The fourth-order valence-corrected chi connectivity index (χ4v) is 4.58. The number of hydrogen-bond donors (Lipinski definition) is 1. The van der Waals surface area contributed by atoms with Gasteiger partial charge in [-0.15, -0.1) is 12.3 Å². The highest BCUT2D eigenvalue weighted by Gasteiger charge is 2.19. The van der Waals surface area contributed by atoms with Crippen molar-refractivity contribution in [3.63, 3.8) is 0 Å². The van der Waals surface area contributed by atoms with Gasteiger partial charge in [-0.1, -0.05) is 109 Å². The molecule has 0 aromatic heterocycles. The first-order valence-electron chi connectivity index (χ1n) is 15.2. The highest BCUT2D eigenvalue weighted by molar-refractivity contribution is 5.82. The maximum atomic E-state index is 10.9. The lowest BCUT2D eigenvalue weighted by Crippen LogP contribution is -2.18. The Bertz CT molecular complexity index is 1600. The van der Waals surface area contributed by atoms with Crippen molar-refractivity contribution >= 4 is 16.9 Å². The molecule has 226 valence electrons. The van der Waals surface area contributed by atoms with Crippen LogP contribution in [0.2, 0.25) is 0 Å². The van der Waals surface area contributed by atoms with E-state index in [9.17, 15) is 5.11 Å². The number of benzene rings is 2. The van der Waals surface area contributed by atoms with Gasteiger partial charge in [0, 0.05) is 22.5 Å². The predicted octanol–water partition coefficient (Wildman–Crippen LogP) is 11.6. The number of hydrogen-bond acceptors (Lipinski definition) is 2. The van der Waals surface area contributed by atoms with E-state index in [4.69, 9.17) is 6.42 Å². The molecule has 2 aromatic rings. The highest BCUT2D eigenvalue weighted by Crippen LogP contribution is 2.35. The van der Waals surface area contributed by atoms with Crippen molar-refractivity contribution in [2.75, 3.05) is 4.90 Å². The standard InChI is InChI=1S/C42H47NO/c1-10-15-23-33(8)34(9)24-19-25-35(13-4)30-37(21-11-2)41(14-5)43(38-27-17-16-18-28-38)39-29-20-26-36(31-39)40(22-12-3)42(44)32(6)7/h4,12,14-20,22-23,25-31,35,44H,6,10,24H2,1-3,5,7-9H3/b22-12-,23-15-,25-19-,34-33-,37-30-,41-14+,42-40-. The zero-order valence-corrected chi connectivity index (χ0v) is 27.5. The van der Waals surface area contributed by atoms with Gasteiger partial charge in [-0.05, 0) is 95.9 Å². The lowest BCUT2D eigenvalue weighted by Gasteiger charge is -2.29. The molecule has 0 radical (unpaired) electrons. The van der Waals surface area contributed by atoms with Gasteiger partial charge in [-0.2, -0.15) is 0 Å². The van der Waals surface area contributed by atoms with Crippen LogP contribution in [-0.4, -0.2) is 5.11 Å². The van der Waals surface area contributed by atoms with E-state index >= 15 is 0 Å². The molecular formula is C42H47NO. The molecule has 0 amide bonds. The molecule has 0 saturated carbocycles. The molecule has 0 aliphatic heterocycles. The van der Waals surface area contributed by atoms with E-state index in [-0.39, 0.29) is 11.7 Å². The summed E-state index contributed by atoms with van der Waals surface area (Å²) in [4.78, 5) is 2.18. The van der Waals surface area contributed by atoms with E-state index in [1.54, 1.807) is 6.92 Å². The molecule has 0 heterocycles. The molecule has 2 rings (SSSR count). The molecule has 0 spiro atoms. The molecule has 0 aliphatic rings. The summed E-state index contributed by atoms with van der Waals surface area (Å²) in [5.74, 6) is 9.29. The van der Waals surface area contributed by atoms with Crippen molar-refractivity contribution in [1.29, 1.82) is 0 Å². The Morgan fingerprint density at radius 2 is 1.70 bits per heavy atom. The minimum absolute atomic E-state index is 0.167. The number of anilines is 2. The Labute approximate surface area is 266 Å². The normalized spacial score (nSPS) is 14.1. The van der Waals surface area contributed by atoms with Crippen LogP contribution in [0.5, 0.6) is 0 Å². The third-order valence-corrected chi connectivity index (χ3v) is 7.06. The Hall–Kier alpha value is -4.92. The van der Waals surface area contributed by atoms with E-state index in [2.05, 4.69) is 111 Å². The van der Waals surface area contributed by atoms with Crippen molar-refractivity contribution in [3.05, 3.63) is 149 Å². The molecular weight excluding hydrogens is 534 g/mol. The van der Waals surface area contributed by atoms with Crippen molar-refractivity contribution in [1.82, 2.24) is 0 Å². The second kappa shape index (κ2) is 18.6. The monoisotopic (exact) mass is 581 g/mol. The van der Waals surface area contributed by atoms with Gasteiger partial charge < -0.3 is 10.0 Å². The van der Waals surface area contributed by atoms with Crippen LogP contribution < -0.4 is 4.90 Å². The maximum Gasteiger partial charge on any atom is 0.125 e. The summed E-state index contributed by atoms with van der Waals surface area (Å²) in [7, 11) is 0. The number of para-hydroxylation sites is 1. The summed E-state index contributed by atoms with van der Waals surface area (Å²) < 4.78 is 0. The topological polar surface area (TPSA) is 23.5 Å². The van der Waals surface area contributed by atoms with Gasteiger partial charge in [-0.25, -0.2) is 0 Å². The van der Waals surface area contributed by atoms with Crippen molar-refractivity contribution in [2.45, 2.75) is 61.3 Å². The van der Waals surface area contributed by atoms with E-state index < -0.39 is 0 Å². The molecule has 0 bridgehead atoms. The summed E-state index contributed by atoms with van der Waals surface area (Å²) in [6.45, 7) is 18.0. The number of terminal acetylenes is 1. The van der Waals surface area contributed by atoms with E-state index in [1.807, 2.05) is 63.3 Å². The van der Waals surface area contributed by atoms with Crippen LogP contribution in [0.1, 0.15) is 66.9 Å². The van der Waals surface area contributed by atoms with Gasteiger partial charge >= 0.3 is 0 Å². The number of allylic oxidation sites excluding steroid dienone is 13. The summed E-state index contributed by atoms with van der Waals surface area (Å²) in [5.41, 5.74) is 8.43. The van der Waals surface area contributed by atoms with E-state index in [0.717, 1.165) is 41.1 Å². The Kier molecular flexibility index (Phi) is 14.9. The molecule has 1 N–H and O–H groups in total. The van der Waals surface area contributed by atoms with Crippen LogP contribution in [0.4, 0.5) is 11.4 Å². The van der Waals surface area contributed by atoms with Crippen LogP contribution >= 0.6 is 0 Å². The van der Waals surface area contributed by atoms with Gasteiger partial charge in [0.05, 0.1) is 11.6 Å². The average molecular weight is 582 g/mol. The Morgan fingerprint density at radius 3 is 2.30 bits per heavy atom. The largest absolute Gasteiger partial charge is 0.507 e. The number of aliphatic hydroxyl groups is 1. The second-order valence-electron chi connectivity index (χ2n) is 10.5. The van der Waals surface area contributed by atoms with E-state index in [1.165, 1.54) is 11.1 Å². The fraction of sp³-hybridized carbons (Fsp3) is 0.238. The van der Waals surface area contributed by atoms with Gasteiger partial charge in [0.25, 0.3) is 0 Å². The minimum atomic E-state index is -0.235. The van der Waals surface area contributed by atoms with Crippen LogP contribution in [0.3, 0.4) is 0 Å². The first-order chi connectivity index (χ1) is 21.2. The summed E-state index contributed by atoms with van der Waals surface area (Å²) >= 11 is 0. The Morgan fingerprint density at radius 1 is 1.00 bits per heavy atom. The summed E-state index contributed by atoms with van der Waals surface area (Å²) in [6.07, 6.45) is 24.4. The molecule has 2 nitrogen and oxygen atoms in total. The minimum Gasteiger partial charge on any atom is -0.507 e. The fourth-order valence-electron chi connectivity index (χ4n) is 4.58. The molecule has 2 heteroatoms. The quantitative estimate of drug-likeness (QED) is 0.110. The van der Waals surface area contributed by atoms with Crippen molar-refractivity contribution in [2.24, 2.45) is 5.92 Å². The zero-order chi connectivity index (χ0) is 32.5. The predicted molar refractivity (Wildman–Crippen MR) is 193 cm³/mol. The first-order valence-corrected chi connectivity index (χ1v) is 15.2. The van der Waals surface area contributed by atoms with Crippen molar-refractivity contribution < 1.29 is 5.11 Å². The highest BCUT2D eigenvalue weighted by atomic mass is 16.3.